The number of fused-ring (bicyclic) bond motifs is 1. The second-order valence-corrected chi connectivity index (χ2v) is 5.78. The zero-order valence-electron chi connectivity index (χ0n) is 12.0. The lowest BCUT2D eigenvalue weighted by Crippen LogP contribution is -2.53. The maximum atomic E-state index is 12.5. The van der Waals surface area contributed by atoms with Gasteiger partial charge in [-0.3, -0.25) is 5.32 Å². The lowest BCUT2D eigenvalue weighted by atomic mass is 9.86. The summed E-state index contributed by atoms with van der Waals surface area (Å²) in [6.07, 6.45) is 0.733. The molecule has 2 rings (SSSR count). The van der Waals surface area contributed by atoms with Crippen LogP contribution in [0.1, 0.15) is 18.9 Å². The van der Waals surface area contributed by atoms with Crippen LogP contribution < -0.4 is 5.32 Å². The summed E-state index contributed by atoms with van der Waals surface area (Å²) >= 11 is 1.79. The average molecular weight is 295 g/mol. The first-order valence-electron chi connectivity index (χ1n) is 6.88. The van der Waals surface area contributed by atoms with E-state index in [9.17, 15) is 4.79 Å². The van der Waals surface area contributed by atoms with Crippen molar-refractivity contribution in [2.45, 2.75) is 23.8 Å². The highest BCUT2D eigenvalue weighted by Crippen LogP contribution is 2.40. The SMILES string of the molecule is CCOC(=O)C1(NCCOC)CCSc2ccccc21. The van der Waals surface area contributed by atoms with Crippen molar-refractivity contribution in [3.8, 4) is 0 Å². The molecule has 20 heavy (non-hydrogen) atoms. The molecule has 0 bridgehead atoms. The monoisotopic (exact) mass is 295 g/mol. The van der Waals surface area contributed by atoms with Crippen LogP contribution in [0.15, 0.2) is 29.2 Å². The Bertz CT molecular complexity index is 466. The Morgan fingerprint density at radius 3 is 3.00 bits per heavy atom. The van der Waals surface area contributed by atoms with E-state index < -0.39 is 5.54 Å². The van der Waals surface area contributed by atoms with Gasteiger partial charge in [0, 0.05) is 24.3 Å². The quantitative estimate of drug-likeness (QED) is 0.644. The van der Waals surface area contributed by atoms with Gasteiger partial charge < -0.3 is 9.47 Å². The van der Waals surface area contributed by atoms with E-state index in [0.29, 0.717) is 19.8 Å². The van der Waals surface area contributed by atoms with Crippen molar-refractivity contribution >= 4 is 17.7 Å². The van der Waals surface area contributed by atoms with Crippen molar-refractivity contribution in [1.29, 1.82) is 0 Å². The third-order valence-electron chi connectivity index (χ3n) is 3.44. The van der Waals surface area contributed by atoms with Crippen LogP contribution in [0.5, 0.6) is 0 Å². The summed E-state index contributed by atoms with van der Waals surface area (Å²) in [4.78, 5) is 13.7. The summed E-state index contributed by atoms with van der Waals surface area (Å²) in [7, 11) is 1.66. The predicted molar refractivity (Wildman–Crippen MR) is 80.0 cm³/mol. The number of rotatable bonds is 6. The molecule has 1 aliphatic heterocycles. The normalized spacial score (nSPS) is 21.3. The number of carbonyl (C=O) groups excluding carboxylic acids is 1. The number of benzene rings is 1. The van der Waals surface area contributed by atoms with Gasteiger partial charge in [-0.2, -0.15) is 0 Å². The summed E-state index contributed by atoms with van der Waals surface area (Å²) in [6.45, 7) is 3.41. The fourth-order valence-electron chi connectivity index (χ4n) is 2.48. The van der Waals surface area contributed by atoms with Crippen LogP contribution in [0.2, 0.25) is 0 Å². The molecule has 1 aliphatic rings. The molecular weight excluding hydrogens is 274 g/mol. The molecule has 0 spiro atoms. The van der Waals surface area contributed by atoms with Crippen LogP contribution in [0.4, 0.5) is 0 Å². The Kier molecular flexibility index (Phi) is 5.46. The third-order valence-corrected chi connectivity index (χ3v) is 4.51. The maximum Gasteiger partial charge on any atom is 0.331 e. The molecular formula is C15H21NO3S. The Balaban J connectivity index is 2.34. The van der Waals surface area contributed by atoms with E-state index in [4.69, 9.17) is 9.47 Å². The van der Waals surface area contributed by atoms with Crippen molar-refractivity contribution in [2.75, 3.05) is 32.6 Å². The number of nitrogens with one attached hydrogen (secondary N) is 1. The number of ether oxygens (including phenoxy) is 2. The molecule has 0 aliphatic carbocycles. The highest BCUT2D eigenvalue weighted by Gasteiger charge is 2.44. The lowest BCUT2D eigenvalue weighted by molar-refractivity contribution is -0.152. The minimum atomic E-state index is -0.740. The summed E-state index contributed by atoms with van der Waals surface area (Å²) in [5.41, 5.74) is 0.280. The van der Waals surface area contributed by atoms with Gasteiger partial charge in [-0.25, -0.2) is 4.79 Å². The summed E-state index contributed by atoms with van der Waals surface area (Å²) in [5.74, 6) is 0.708. The summed E-state index contributed by atoms with van der Waals surface area (Å²) in [6, 6.07) is 8.04. The van der Waals surface area contributed by atoms with Gasteiger partial charge in [-0.15, -0.1) is 11.8 Å². The van der Waals surface area contributed by atoms with E-state index in [1.807, 2.05) is 25.1 Å². The van der Waals surface area contributed by atoms with E-state index in [0.717, 1.165) is 22.6 Å². The molecule has 0 amide bonds. The number of esters is 1. The number of methoxy groups -OCH3 is 1. The molecule has 1 aromatic rings. The second kappa shape index (κ2) is 7.11. The van der Waals surface area contributed by atoms with Gasteiger partial charge in [0.25, 0.3) is 0 Å². The summed E-state index contributed by atoms with van der Waals surface area (Å²) < 4.78 is 10.4. The second-order valence-electron chi connectivity index (χ2n) is 4.64. The van der Waals surface area contributed by atoms with Gasteiger partial charge in [-0.1, -0.05) is 18.2 Å². The average Bonchev–Trinajstić information content (AvgIpc) is 2.48. The fourth-order valence-corrected chi connectivity index (χ4v) is 3.68. The standard InChI is InChI=1S/C15H21NO3S/c1-3-19-14(17)15(16-9-10-18-2)8-11-20-13-7-5-4-6-12(13)15/h4-7,16H,3,8-11H2,1-2H3. The van der Waals surface area contributed by atoms with E-state index in [-0.39, 0.29) is 5.97 Å². The van der Waals surface area contributed by atoms with E-state index >= 15 is 0 Å². The Morgan fingerprint density at radius 2 is 2.25 bits per heavy atom. The topological polar surface area (TPSA) is 47.6 Å². The molecule has 0 saturated heterocycles. The molecule has 0 aromatic heterocycles. The van der Waals surface area contributed by atoms with Crippen molar-refractivity contribution < 1.29 is 14.3 Å². The van der Waals surface area contributed by atoms with Gasteiger partial charge in [0.1, 0.15) is 5.54 Å². The van der Waals surface area contributed by atoms with Gasteiger partial charge in [0.2, 0.25) is 0 Å². The maximum absolute atomic E-state index is 12.5. The van der Waals surface area contributed by atoms with Crippen LogP contribution in [-0.2, 0) is 19.8 Å². The van der Waals surface area contributed by atoms with Crippen molar-refractivity contribution in [3.05, 3.63) is 29.8 Å². The van der Waals surface area contributed by atoms with Crippen LogP contribution in [0.3, 0.4) is 0 Å². The summed E-state index contributed by atoms with van der Waals surface area (Å²) in [5, 5.41) is 3.36. The van der Waals surface area contributed by atoms with Crippen LogP contribution in [0.25, 0.3) is 0 Å². The van der Waals surface area contributed by atoms with Crippen molar-refractivity contribution in [1.82, 2.24) is 5.32 Å². The predicted octanol–water partition coefficient (Wildman–Crippen LogP) is 2.18. The molecule has 110 valence electrons. The van der Waals surface area contributed by atoms with Gasteiger partial charge in [0.15, 0.2) is 0 Å². The van der Waals surface area contributed by atoms with Gasteiger partial charge in [-0.05, 0) is 25.0 Å². The molecule has 5 heteroatoms. The Morgan fingerprint density at radius 1 is 1.45 bits per heavy atom. The molecule has 0 radical (unpaired) electrons. The molecule has 0 saturated carbocycles. The first kappa shape index (κ1) is 15.4. The van der Waals surface area contributed by atoms with Crippen molar-refractivity contribution in [3.63, 3.8) is 0 Å². The fraction of sp³-hybridized carbons (Fsp3) is 0.533. The molecule has 4 nitrogen and oxygen atoms in total. The van der Waals surface area contributed by atoms with E-state index in [2.05, 4.69) is 11.4 Å². The highest BCUT2D eigenvalue weighted by molar-refractivity contribution is 7.99. The molecule has 1 unspecified atom stereocenters. The Labute approximate surface area is 124 Å². The van der Waals surface area contributed by atoms with Crippen LogP contribution >= 0.6 is 11.8 Å². The van der Waals surface area contributed by atoms with Crippen molar-refractivity contribution in [2.24, 2.45) is 0 Å². The Hall–Kier alpha value is -1.04. The lowest BCUT2D eigenvalue weighted by Gasteiger charge is -2.37. The zero-order valence-corrected chi connectivity index (χ0v) is 12.8. The molecule has 1 heterocycles. The van der Waals surface area contributed by atoms with Gasteiger partial charge >= 0.3 is 5.97 Å². The number of hydrogen-bond donors (Lipinski definition) is 1. The minimum Gasteiger partial charge on any atom is -0.464 e. The first-order valence-corrected chi connectivity index (χ1v) is 7.86. The molecule has 0 fully saturated rings. The van der Waals surface area contributed by atoms with Crippen LogP contribution in [0, 0.1) is 0 Å². The van der Waals surface area contributed by atoms with E-state index in [1.54, 1.807) is 18.9 Å². The van der Waals surface area contributed by atoms with Gasteiger partial charge in [0.05, 0.1) is 13.2 Å². The third kappa shape index (κ3) is 3.00. The smallest absolute Gasteiger partial charge is 0.331 e. The first-order chi connectivity index (χ1) is 9.74. The molecule has 1 atom stereocenters. The number of carbonyl (C=O) groups is 1. The number of hydrogen-bond acceptors (Lipinski definition) is 5. The van der Waals surface area contributed by atoms with Crippen LogP contribution in [-0.4, -0.2) is 38.6 Å². The number of thioether (sulfide) groups is 1. The molecule has 1 aromatic carbocycles. The highest BCUT2D eigenvalue weighted by atomic mass is 32.2. The van der Waals surface area contributed by atoms with E-state index in [1.165, 1.54) is 0 Å². The zero-order chi connectivity index (χ0) is 14.4. The molecule has 1 N–H and O–H groups in total. The minimum absolute atomic E-state index is 0.191. The largest absolute Gasteiger partial charge is 0.464 e.